The van der Waals surface area contributed by atoms with E-state index in [4.69, 9.17) is 4.98 Å². The second-order valence-electron chi connectivity index (χ2n) is 9.21. The minimum absolute atomic E-state index is 0.239. The molecule has 31 heavy (non-hydrogen) atoms. The molecule has 6 rings (SSSR count). The molecule has 3 aromatic heterocycles. The highest BCUT2D eigenvalue weighted by Gasteiger charge is 2.32. The lowest BCUT2D eigenvalue weighted by Gasteiger charge is -2.35. The number of hydrogen-bond donors (Lipinski definition) is 0. The molecule has 0 radical (unpaired) electrons. The van der Waals surface area contributed by atoms with Gasteiger partial charge in [0, 0.05) is 23.4 Å². The van der Waals surface area contributed by atoms with Crippen LogP contribution in [-0.4, -0.2) is 48.7 Å². The molecule has 1 saturated heterocycles. The highest BCUT2D eigenvalue weighted by Crippen LogP contribution is 2.44. The van der Waals surface area contributed by atoms with E-state index in [-0.39, 0.29) is 5.91 Å². The molecule has 3 aliphatic rings. The van der Waals surface area contributed by atoms with Crippen molar-refractivity contribution in [2.75, 3.05) is 12.3 Å². The number of hydrogen-bond acceptors (Lipinski definition) is 6. The Labute approximate surface area is 190 Å². The molecule has 0 aromatic carbocycles. The van der Waals surface area contributed by atoms with E-state index < -0.39 is 0 Å². The predicted octanol–water partition coefficient (Wildman–Crippen LogP) is 4.98. The highest BCUT2D eigenvalue weighted by atomic mass is 32.2. The van der Waals surface area contributed by atoms with E-state index in [0.29, 0.717) is 17.7 Å². The van der Waals surface area contributed by atoms with Crippen LogP contribution >= 0.6 is 23.1 Å². The second kappa shape index (κ2) is 8.03. The van der Waals surface area contributed by atoms with Gasteiger partial charge in [0.2, 0.25) is 5.91 Å². The zero-order valence-electron chi connectivity index (χ0n) is 18.1. The van der Waals surface area contributed by atoms with Crippen molar-refractivity contribution in [3.63, 3.8) is 0 Å². The summed E-state index contributed by atoms with van der Waals surface area (Å²) in [6, 6.07) is 0.401. The van der Waals surface area contributed by atoms with Crippen LogP contribution in [0, 0.1) is 0 Å². The fraction of sp³-hybridized carbons (Fsp3) is 0.652. The first-order valence-electron chi connectivity index (χ1n) is 11.9. The van der Waals surface area contributed by atoms with Crippen molar-refractivity contribution in [1.82, 2.24) is 24.5 Å². The molecule has 2 fully saturated rings. The average Bonchev–Trinajstić information content (AvgIpc) is 3.46. The van der Waals surface area contributed by atoms with Crippen molar-refractivity contribution < 1.29 is 4.79 Å². The molecule has 1 saturated carbocycles. The van der Waals surface area contributed by atoms with Crippen LogP contribution in [-0.2, 0) is 17.6 Å². The zero-order chi connectivity index (χ0) is 20.9. The molecule has 8 heteroatoms. The molecule has 3 aromatic rings. The first-order chi connectivity index (χ1) is 15.2. The maximum atomic E-state index is 13.0. The van der Waals surface area contributed by atoms with Crippen molar-refractivity contribution in [3.8, 4) is 0 Å². The van der Waals surface area contributed by atoms with E-state index in [9.17, 15) is 4.79 Å². The standard InChI is InChI=1S/C23H29N5OS2/c1-2-15-7-5-6-12-27(15)18(29)13-30-23-26-25-21-19-16-8-3-4-9-17(16)31-22(19)24-20(28(21)23)14-10-11-14/h14-15H,2-13H2,1H3. The number of aromatic nitrogens is 4. The summed E-state index contributed by atoms with van der Waals surface area (Å²) in [7, 11) is 0. The summed E-state index contributed by atoms with van der Waals surface area (Å²) in [5.74, 6) is 2.28. The lowest BCUT2D eigenvalue weighted by atomic mass is 9.97. The van der Waals surface area contributed by atoms with Crippen molar-refractivity contribution in [1.29, 1.82) is 0 Å². The summed E-state index contributed by atoms with van der Waals surface area (Å²) in [6.07, 6.45) is 11.7. The number of aryl methyl sites for hydroxylation is 2. The Morgan fingerprint density at radius 2 is 2.00 bits per heavy atom. The number of rotatable bonds is 5. The lowest BCUT2D eigenvalue weighted by Crippen LogP contribution is -2.44. The number of fused-ring (bicyclic) bond motifs is 5. The Morgan fingerprint density at radius 3 is 2.84 bits per heavy atom. The van der Waals surface area contributed by atoms with Gasteiger partial charge >= 0.3 is 0 Å². The Balaban J connectivity index is 1.35. The quantitative estimate of drug-likeness (QED) is 0.508. The van der Waals surface area contributed by atoms with E-state index in [1.165, 1.54) is 54.4 Å². The Hall–Kier alpha value is -1.67. The third kappa shape index (κ3) is 3.46. The van der Waals surface area contributed by atoms with Crippen LogP contribution in [0.15, 0.2) is 5.16 Å². The molecular formula is C23H29N5OS2. The number of piperidine rings is 1. The molecule has 1 unspecified atom stereocenters. The summed E-state index contributed by atoms with van der Waals surface area (Å²) in [6.45, 7) is 3.09. The number of amides is 1. The van der Waals surface area contributed by atoms with Crippen molar-refractivity contribution in [2.45, 2.75) is 88.2 Å². The van der Waals surface area contributed by atoms with Crippen LogP contribution in [0.2, 0.25) is 0 Å². The Morgan fingerprint density at radius 1 is 1.13 bits per heavy atom. The summed E-state index contributed by atoms with van der Waals surface area (Å²) in [5.41, 5.74) is 2.41. The number of carbonyl (C=O) groups is 1. The number of likely N-dealkylation sites (tertiary alicyclic amines) is 1. The van der Waals surface area contributed by atoms with Crippen LogP contribution in [0.3, 0.4) is 0 Å². The van der Waals surface area contributed by atoms with Crippen LogP contribution < -0.4 is 0 Å². The molecule has 164 valence electrons. The van der Waals surface area contributed by atoms with E-state index in [2.05, 4.69) is 26.4 Å². The normalized spacial score (nSPS) is 21.7. The molecule has 0 N–H and O–H groups in total. The van der Waals surface area contributed by atoms with Crippen LogP contribution in [0.25, 0.3) is 15.9 Å². The summed E-state index contributed by atoms with van der Waals surface area (Å²) in [4.78, 5) is 22.9. The van der Waals surface area contributed by atoms with E-state index >= 15 is 0 Å². The monoisotopic (exact) mass is 455 g/mol. The molecule has 1 aliphatic heterocycles. The average molecular weight is 456 g/mol. The van der Waals surface area contributed by atoms with Gasteiger partial charge in [-0.05, 0) is 69.8 Å². The second-order valence-corrected chi connectivity index (χ2v) is 11.2. The van der Waals surface area contributed by atoms with E-state index in [1.807, 2.05) is 11.3 Å². The van der Waals surface area contributed by atoms with Gasteiger partial charge in [0.25, 0.3) is 0 Å². The van der Waals surface area contributed by atoms with Gasteiger partial charge in [-0.15, -0.1) is 21.5 Å². The topological polar surface area (TPSA) is 63.4 Å². The van der Waals surface area contributed by atoms with Gasteiger partial charge in [0.15, 0.2) is 10.8 Å². The third-order valence-corrected chi connectivity index (χ3v) is 9.24. The van der Waals surface area contributed by atoms with Crippen LogP contribution in [0.1, 0.15) is 80.5 Å². The van der Waals surface area contributed by atoms with Gasteiger partial charge in [-0.1, -0.05) is 18.7 Å². The highest BCUT2D eigenvalue weighted by molar-refractivity contribution is 7.99. The number of nitrogens with zero attached hydrogens (tertiary/aromatic N) is 5. The molecule has 1 atom stereocenters. The number of carbonyl (C=O) groups excluding carboxylic acids is 1. The fourth-order valence-corrected chi connectivity index (χ4v) is 7.41. The minimum Gasteiger partial charge on any atom is -0.339 e. The molecule has 6 nitrogen and oxygen atoms in total. The largest absolute Gasteiger partial charge is 0.339 e. The lowest BCUT2D eigenvalue weighted by molar-refractivity contribution is -0.132. The first-order valence-corrected chi connectivity index (χ1v) is 13.7. The first kappa shape index (κ1) is 20.0. The van der Waals surface area contributed by atoms with Gasteiger partial charge in [-0.25, -0.2) is 4.98 Å². The van der Waals surface area contributed by atoms with Gasteiger partial charge in [0.1, 0.15) is 10.7 Å². The van der Waals surface area contributed by atoms with Crippen molar-refractivity contribution in [2.24, 2.45) is 0 Å². The maximum Gasteiger partial charge on any atom is 0.233 e. The Bertz CT molecular complexity index is 1150. The molecule has 4 heterocycles. The summed E-state index contributed by atoms with van der Waals surface area (Å²) in [5, 5.41) is 11.3. The fourth-order valence-electron chi connectivity index (χ4n) is 5.32. The SMILES string of the molecule is CCC1CCCCN1C(=O)CSc1nnc2c3c4c(sc3nc(C3CC3)n12)CCCC4. The molecule has 0 spiro atoms. The third-order valence-electron chi connectivity index (χ3n) is 7.14. The summed E-state index contributed by atoms with van der Waals surface area (Å²) >= 11 is 3.40. The van der Waals surface area contributed by atoms with Gasteiger partial charge in [0.05, 0.1) is 11.1 Å². The Kier molecular flexibility index (Phi) is 5.17. The molecular weight excluding hydrogens is 426 g/mol. The van der Waals surface area contributed by atoms with Crippen LogP contribution in [0.5, 0.6) is 0 Å². The van der Waals surface area contributed by atoms with Crippen molar-refractivity contribution in [3.05, 3.63) is 16.3 Å². The molecule has 2 aliphatic carbocycles. The number of thioether (sulfide) groups is 1. The predicted molar refractivity (Wildman–Crippen MR) is 125 cm³/mol. The maximum absolute atomic E-state index is 13.0. The number of thiophene rings is 1. The van der Waals surface area contributed by atoms with Gasteiger partial charge in [-0.2, -0.15) is 0 Å². The van der Waals surface area contributed by atoms with Crippen molar-refractivity contribution >= 4 is 44.9 Å². The van der Waals surface area contributed by atoms with Gasteiger partial charge in [-0.3, -0.25) is 9.20 Å². The van der Waals surface area contributed by atoms with Gasteiger partial charge < -0.3 is 4.90 Å². The van der Waals surface area contributed by atoms with E-state index in [1.54, 1.807) is 11.8 Å². The molecule has 1 amide bonds. The minimum atomic E-state index is 0.239. The molecule has 0 bridgehead atoms. The summed E-state index contributed by atoms with van der Waals surface area (Å²) < 4.78 is 2.19. The zero-order valence-corrected chi connectivity index (χ0v) is 19.7. The smallest absolute Gasteiger partial charge is 0.233 e. The van der Waals surface area contributed by atoms with E-state index in [0.717, 1.165) is 53.7 Å². The van der Waals surface area contributed by atoms with Crippen LogP contribution in [0.4, 0.5) is 0 Å².